The van der Waals surface area contributed by atoms with E-state index < -0.39 is 0 Å². The molecule has 2 aromatic carbocycles. The summed E-state index contributed by atoms with van der Waals surface area (Å²) in [4.78, 5) is 15.8. The average molecular weight is 379 g/mol. The van der Waals surface area contributed by atoms with Gasteiger partial charge in [-0.05, 0) is 36.1 Å². The van der Waals surface area contributed by atoms with Crippen LogP contribution in [0.1, 0.15) is 30.9 Å². The Kier molecular flexibility index (Phi) is 5.14. The summed E-state index contributed by atoms with van der Waals surface area (Å²) in [5.41, 5.74) is 2.62. The predicted octanol–water partition coefficient (Wildman–Crippen LogP) is 3.23. The molecule has 1 fully saturated rings. The smallest absolute Gasteiger partial charge is 0.246 e. The molecular weight excluding hydrogens is 357 g/mol. The van der Waals surface area contributed by atoms with Crippen LogP contribution in [0.15, 0.2) is 48.5 Å². The van der Waals surface area contributed by atoms with Crippen molar-refractivity contribution < 1.29 is 9.18 Å². The number of hydrogen-bond acceptors (Lipinski definition) is 4. The number of hydrogen-bond donors (Lipinski definition) is 0. The Morgan fingerprint density at radius 1 is 1.18 bits per heavy atom. The maximum atomic E-state index is 14.0. The molecule has 28 heavy (non-hydrogen) atoms. The summed E-state index contributed by atoms with van der Waals surface area (Å²) in [5.74, 6) is 0.0659. The van der Waals surface area contributed by atoms with Crippen LogP contribution >= 0.6 is 0 Å². The number of tetrazole rings is 1. The van der Waals surface area contributed by atoms with Crippen molar-refractivity contribution in [1.29, 1.82) is 0 Å². The lowest BCUT2D eigenvalue weighted by atomic mass is 10.1. The van der Waals surface area contributed by atoms with Gasteiger partial charge < -0.3 is 4.90 Å². The molecule has 4 rings (SSSR count). The van der Waals surface area contributed by atoms with Crippen molar-refractivity contribution in [2.75, 3.05) is 0 Å². The first kappa shape index (κ1) is 18.3. The summed E-state index contributed by atoms with van der Waals surface area (Å²) in [6.45, 7) is 2.35. The SMILES string of the molecule is CCc1ccc(-c2nnn(CC(=O)N(Cc3ccccc3F)C3CC3)n2)cc1. The van der Waals surface area contributed by atoms with E-state index in [0.717, 1.165) is 24.8 Å². The van der Waals surface area contributed by atoms with Crippen LogP contribution in [-0.4, -0.2) is 37.1 Å². The molecule has 144 valence electrons. The molecular formula is C21H22FN5O. The zero-order valence-electron chi connectivity index (χ0n) is 15.8. The zero-order chi connectivity index (χ0) is 19.5. The average Bonchev–Trinajstić information content (AvgIpc) is 3.45. The van der Waals surface area contributed by atoms with Gasteiger partial charge in [0.25, 0.3) is 0 Å². The summed E-state index contributed by atoms with van der Waals surface area (Å²) in [6, 6.07) is 14.7. The fourth-order valence-corrected chi connectivity index (χ4v) is 3.14. The Labute approximate surface area is 163 Å². The summed E-state index contributed by atoms with van der Waals surface area (Å²) in [6.07, 6.45) is 2.86. The van der Waals surface area contributed by atoms with Gasteiger partial charge in [0.15, 0.2) is 0 Å². The molecule has 6 nitrogen and oxygen atoms in total. The van der Waals surface area contributed by atoms with E-state index in [1.54, 1.807) is 23.1 Å². The molecule has 0 radical (unpaired) electrons. The molecule has 0 unspecified atom stereocenters. The number of carbonyl (C=O) groups is 1. The van der Waals surface area contributed by atoms with Gasteiger partial charge in [0, 0.05) is 23.7 Å². The largest absolute Gasteiger partial charge is 0.334 e. The number of rotatable bonds is 7. The predicted molar refractivity (Wildman–Crippen MR) is 103 cm³/mol. The molecule has 0 spiro atoms. The van der Waals surface area contributed by atoms with Crippen LogP contribution in [-0.2, 0) is 24.3 Å². The maximum Gasteiger partial charge on any atom is 0.246 e. The summed E-state index contributed by atoms with van der Waals surface area (Å²) < 4.78 is 14.0. The zero-order valence-corrected chi connectivity index (χ0v) is 15.8. The topological polar surface area (TPSA) is 63.9 Å². The quantitative estimate of drug-likeness (QED) is 0.632. The first-order valence-corrected chi connectivity index (χ1v) is 9.54. The molecule has 1 aromatic heterocycles. The van der Waals surface area contributed by atoms with E-state index in [9.17, 15) is 9.18 Å². The van der Waals surface area contributed by atoms with Crippen LogP contribution in [0.4, 0.5) is 4.39 Å². The minimum absolute atomic E-state index is 0.00893. The number of aryl methyl sites for hydroxylation is 1. The Morgan fingerprint density at radius 2 is 1.93 bits per heavy atom. The summed E-state index contributed by atoms with van der Waals surface area (Å²) >= 11 is 0. The van der Waals surface area contributed by atoms with Gasteiger partial charge in [-0.2, -0.15) is 4.80 Å². The van der Waals surface area contributed by atoms with E-state index in [0.29, 0.717) is 11.4 Å². The lowest BCUT2D eigenvalue weighted by Crippen LogP contribution is -2.36. The van der Waals surface area contributed by atoms with E-state index in [-0.39, 0.29) is 30.9 Å². The van der Waals surface area contributed by atoms with Crippen LogP contribution in [0.5, 0.6) is 0 Å². The second-order valence-corrected chi connectivity index (χ2v) is 7.04. The van der Waals surface area contributed by atoms with E-state index in [4.69, 9.17) is 0 Å². The van der Waals surface area contributed by atoms with Crippen molar-refractivity contribution in [3.8, 4) is 11.4 Å². The standard InChI is InChI=1S/C21H22FN5O/c1-2-15-7-9-16(10-8-15)21-23-25-27(24-21)14-20(28)26(18-11-12-18)13-17-5-3-4-6-19(17)22/h3-10,18H,2,11-14H2,1H3. The molecule has 7 heteroatoms. The van der Waals surface area contributed by atoms with E-state index in [1.807, 2.05) is 24.3 Å². The lowest BCUT2D eigenvalue weighted by Gasteiger charge is -2.22. The highest BCUT2D eigenvalue weighted by atomic mass is 19.1. The molecule has 1 amide bonds. The van der Waals surface area contributed by atoms with E-state index >= 15 is 0 Å². The van der Waals surface area contributed by atoms with Gasteiger partial charge in [-0.25, -0.2) is 4.39 Å². The van der Waals surface area contributed by atoms with Gasteiger partial charge >= 0.3 is 0 Å². The van der Waals surface area contributed by atoms with Crippen molar-refractivity contribution >= 4 is 5.91 Å². The molecule has 0 bridgehead atoms. The van der Waals surface area contributed by atoms with Crippen molar-refractivity contribution in [3.63, 3.8) is 0 Å². The first-order valence-electron chi connectivity index (χ1n) is 9.54. The highest BCUT2D eigenvalue weighted by Crippen LogP contribution is 2.29. The molecule has 1 aliphatic rings. The minimum atomic E-state index is -0.294. The number of halogens is 1. The lowest BCUT2D eigenvalue weighted by molar-refractivity contribution is -0.133. The Hall–Kier alpha value is -3.09. The second-order valence-electron chi connectivity index (χ2n) is 7.04. The van der Waals surface area contributed by atoms with Crippen LogP contribution in [0, 0.1) is 5.82 Å². The Balaban J connectivity index is 1.46. The van der Waals surface area contributed by atoms with E-state index in [1.165, 1.54) is 16.4 Å². The van der Waals surface area contributed by atoms with Crippen molar-refractivity contribution in [2.24, 2.45) is 0 Å². The third-order valence-corrected chi connectivity index (χ3v) is 4.96. The van der Waals surface area contributed by atoms with Gasteiger partial charge in [-0.1, -0.05) is 49.4 Å². The van der Waals surface area contributed by atoms with Gasteiger partial charge in [0.2, 0.25) is 11.7 Å². The van der Waals surface area contributed by atoms with Gasteiger partial charge in [0.1, 0.15) is 12.4 Å². The van der Waals surface area contributed by atoms with Crippen LogP contribution in [0.25, 0.3) is 11.4 Å². The monoisotopic (exact) mass is 379 g/mol. The van der Waals surface area contributed by atoms with Crippen molar-refractivity contribution in [1.82, 2.24) is 25.1 Å². The Morgan fingerprint density at radius 3 is 2.61 bits per heavy atom. The first-order chi connectivity index (χ1) is 13.6. The van der Waals surface area contributed by atoms with Crippen LogP contribution in [0.2, 0.25) is 0 Å². The third-order valence-electron chi connectivity index (χ3n) is 4.96. The normalized spacial score (nSPS) is 13.5. The summed E-state index contributed by atoms with van der Waals surface area (Å²) in [7, 11) is 0. The molecule has 1 heterocycles. The number of carbonyl (C=O) groups excluding carboxylic acids is 1. The third kappa shape index (κ3) is 4.08. The number of aromatic nitrogens is 4. The van der Waals surface area contributed by atoms with Crippen LogP contribution < -0.4 is 0 Å². The number of amides is 1. The van der Waals surface area contributed by atoms with Crippen molar-refractivity contribution in [2.45, 2.75) is 45.3 Å². The molecule has 3 aromatic rings. The Bertz CT molecular complexity index is 965. The highest BCUT2D eigenvalue weighted by Gasteiger charge is 2.33. The summed E-state index contributed by atoms with van der Waals surface area (Å²) in [5, 5.41) is 12.4. The number of nitrogens with zero attached hydrogens (tertiary/aromatic N) is 5. The van der Waals surface area contributed by atoms with Gasteiger partial charge in [0.05, 0.1) is 0 Å². The fraction of sp³-hybridized carbons (Fsp3) is 0.333. The van der Waals surface area contributed by atoms with Crippen molar-refractivity contribution in [3.05, 3.63) is 65.5 Å². The maximum absolute atomic E-state index is 14.0. The molecule has 0 saturated heterocycles. The molecule has 0 N–H and O–H groups in total. The molecule has 0 aliphatic heterocycles. The van der Waals surface area contributed by atoms with E-state index in [2.05, 4.69) is 22.3 Å². The molecule has 1 saturated carbocycles. The fourth-order valence-electron chi connectivity index (χ4n) is 3.14. The minimum Gasteiger partial charge on any atom is -0.334 e. The molecule has 0 atom stereocenters. The second kappa shape index (κ2) is 7.88. The number of benzene rings is 2. The molecule has 1 aliphatic carbocycles. The van der Waals surface area contributed by atoms with Gasteiger partial charge in [-0.15, -0.1) is 10.2 Å². The van der Waals surface area contributed by atoms with Gasteiger partial charge in [-0.3, -0.25) is 4.79 Å². The van der Waals surface area contributed by atoms with Crippen LogP contribution in [0.3, 0.4) is 0 Å². The highest BCUT2D eigenvalue weighted by molar-refractivity contribution is 5.76.